The van der Waals surface area contributed by atoms with Crippen LogP contribution in [-0.4, -0.2) is 27.5 Å². The van der Waals surface area contributed by atoms with Crippen LogP contribution in [0.4, 0.5) is 0 Å². The monoisotopic (exact) mass is 157 g/mol. The summed E-state index contributed by atoms with van der Waals surface area (Å²) in [5.41, 5.74) is 0. The van der Waals surface area contributed by atoms with Gasteiger partial charge in [0.05, 0.1) is 20.4 Å². The van der Waals surface area contributed by atoms with E-state index in [1.165, 1.54) is 0 Å². The van der Waals surface area contributed by atoms with E-state index in [0.29, 0.717) is 5.76 Å². The number of hydrogen-bond acceptors (Lipinski definition) is 3. The Morgan fingerprint density at radius 3 is 2.27 bits per heavy atom. The van der Waals surface area contributed by atoms with E-state index >= 15 is 0 Å². The van der Waals surface area contributed by atoms with Crippen molar-refractivity contribution < 1.29 is 9.47 Å². The lowest BCUT2D eigenvalue weighted by Gasteiger charge is -2.06. The molecule has 64 valence electrons. The summed E-state index contributed by atoms with van der Waals surface area (Å²) in [7, 11) is 4.93. The molecule has 0 aromatic heterocycles. The molecule has 0 unspecified atom stereocenters. The highest BCUT2D eigenvalue weighted by atomic mass is 16.5. The molecule has 0 saturated heterocycles. The van der Waals surface area contributed by atoms with Gasteiger partial charge in [-0.25, -0.2) is 0 Å². The van der Waals surface area contributed by atoms with Crippen LogP contribution in [0.15, 0.2) is 16.5 Å². The number of ether oxygens (including phenoxy) is 2. The molecule has 0 amide bonds. The van der Waals surface area contributed by atoms with Crippen LogP contribution in [0, 0.1) is 0 Å². The van der Waals surface area contributed by atoms with Crippen LogP contribution in [0.25, 0.3) is 0 Å². The van der Waals surface area contributed by atoms with E-state index in [0.717, 1.165) is 12.2 Å². The third kappa shape index (κ3) is 3.07. The molecule has 3 heteroatoms. The zero-order valence-corrected chi connectivity index (χ0v) is 7.55. The summed E-state index contributed by atoms with van der Waals surface area (Å²) in [4.78, 5) is 3.84. The fourth-order valence-corrected chi connectivity index (χ4v) is 0.775. The van der Waals surface area contributed by atoms with Crippen molar-refractivity contribution in [3.05, 3.63) is 11.5 Å². The number of nitrogens with zero attached hydrogens (tertiary/aromatic N) is 1. The molecule has 0 aliphatic carbocycles. The van der Waals surface area contributed by atoms with Gasteiger partial charge in [0.1, 0.15) is 5.76 Å². The molecule has 0 spiro atoms. The minimum Gasteiger partial charge on any atom is -0.497 e. The van der Waals surface area contributed by atoms with Crippen molar-refractivity contribution in [1.82, 2.24) is 0 Å². The summed E-state index contributed by atoms with van der Waals surface area (Å²) in [6.07, 6.45) is 2.45. The maximum absolute atomic E-state index is 5.07. The summed E-state index contributed by atoms with van der Waals surface area (Å²) in [5.74, 6) is 1.51. The highest BCUT2D eigenvalue weighted by molar-refractivity contribution is 5.76. The van der Waals surface area contributed by atoms with E-state index in [4.69, 9.17) is 9.47 Å². The highest BCUT2D eigenvalue weighted by Crippen LogP contribution is 2.07. The molecule has 0 fully saturated rings. The van der Waals surface area contributed by atoms with Crippen LogP contribution < -0.4 is 0 Å². The Morgan fingerprint density at radius 1 is 1.36 bits per heavy atom. The number of rotatable bonds is 4. The van der Waals surface area contributed by atoms with Crippen LogP contribution in [0.5, 0.6) is 0 Å². The van der Waals surface area contributed by atoms with Crippen LogP contribution >= 0.6 is 0 Å². The summed E-state index contributed by atoms with van der Waals surface area (Å²) in [6.45, 7) is 2.00. The molecule has 11 heavy (non-hydrogen) atoms. The Kier molecular flexibility index (Phi) is 5.25. The first kappa shape index (κ1) is 10.0. The lowest BCUT2D eigenvalue weighted by Crippen LogP contribution is -1.97. The van der Waals surface area contributed by atoms with Crippen LogP contribution in [-0.2, 0) is 9.47 Å². The summed E-state index contributed by atoms with van der Waals surface area (Å²) in [6, 6.07) is 0. The molecular formula is C8H15NO2. The number of aliphatic imine (C=N–C) groups is 1. The third-order valence-corrected chi connectivity index (χ3v) is 1.31. The molecule has 0 aromatic rings. The van der Waals surface area contributed by atoms with Gasteiger partial charge in [0.25, 0.3) is 0 Å². The Balaban J connectivity index is 4.47. The van der Waals surface area contributed by atoms with Gasteiger partial charge in [0.15, 0.2) is 5.76 Å². The van der Waals surface area contributed by atoms with Gasteiger partial charge in [-0.3, -0.25) is 4.99 Å². The molecule has 0 heterocycles. The van der Waals surface area contributed by atoms with Gasteiger partial charge in [-0.1, -0.05) is 6.92 Å². The first-order valence-corrected chi connectivity index (χ1v) is 3.53. The van der Waals surface area contributed by atoms with Crippen molar-refractivity contribution in [2.24, 2.45) is 4.99 Å². The van der Waals surface area contributed by atoms with Crippen molar-refractivity contribution in [2.75, 3.05) is 21.3 Å². The molecule has 0 aliphatic heterocycles. The van der Waals surface area contributed by atoms with Crippen LogP contribution in [0.2, 0.25) is 0 Å². The fraction of sp³-hybridized carbons (Fsp3) is 0.625. The van der Waals surface area contributed by atoms with Gasteiger partial charge in [-0.05, 0) is 0 Å². The first-order valence-electron chi connectivity index (χ1n) is 3.53. The third-order valence-electron chi connectivity index (χ3n) is 1.31. The molecule has 0 aromatic carbocycles. The van der Waals surface area contributed by atoms with Crippen molar-refractivity contribution in [3.63, 3.8) is 0 Å². The zero-order chi connectivity index (χ0) is 8.69. The van der Waals surface area contributed by atoms with Gasteiger partial charge in [0.2, 0.25) is 0 Å². The molecule has 3 nitrogen and oxygen atoms in total. The first-order chi connectivity index (χ1) is 5.29. The van der Waals surface area contributed by atoms with Crippen molar-refractivity contribution >= 4 is 6.21 Å². The maximum Gasteiger partial charge on any atom is 0.174 e. The number of hydrogen-bond donors (Lipinski definition) is 0. The minimum atomic E-state index is 0.692. The number of methoxy groups -OCH3 is 2. The van der Waals surface area contributed by atoms with Gasteiger partial charge < -0.3 is 9.47 Å². The molecule has 0 radical (unpaired) electrons. The van der Waals surface area contributed by atoms with E-state index in [9.17, 15) is 0 Å². The Labute approximate surface area is 67.7 Å². The highest BCUT2D eigenvalue weighted by Gasteiger charge is 2.01. The van der Waals surface area contributed by atoms with Crippen molar-refractivity contribution in [3.8, 4) is 0 Å². The SMILES string of the molecule is CC/C(OC)=C(\C=N/C)OC. The lowest BCUT2D eigenvalue weighted by atomic mass is 10.3. The molecule has 0 rings (SSSR count). The average Bonchev–Trinajstić information content (AvgIpc) is 2.05. The van der Waals surface area contributed by atoms with Gasteiger partial charge >= 0.3 is 0 Å². The van der Waals surface area contributed by atoms with E-state index in [-0.39, 0.29) is 0 Å². The normalized spacial score (nSPS) is 13.1. The van der Waals surface area contributed by atoms with E-state index in [2.05, 4.69) is 4.99 Å². The quantitative estimate of drug-likeness (QED) is 0.458. The molecule has 0 atom stereocenters. The maximum atomic E-state index is 5.07. The van der Waals surface area contributed by atoms with E-state index in [1.807, 2.05) is 6.92 Å². The largest absolute Gasteiger partial charge is 0.497 e. The van der Waals surface area contributed by atoms with E-state index in [1.54, 1.807) is 27.5 Å². The predicted octanol–water partition coefficient (Wildman–Crippen LogP) is 1.60. The minimum absolute atomic E-state index is 0.692. The summed E-state index contributed by atoms with van der Waals surface area (Å²) >= 11 is 0. The topological polar surface area (TPSA) is 30.8 Å². The standard InChI is InChI=1S/C8H15NO2/c1-5-7(10-3)8(11-4)6-9-2/h6H,5H2,1-4H3/b8-7-,9-6-. The molecule has 0 N–H and O–H groups in total. The Morgan fingerprint density at radius 2 is 2.00 bits per heavy atom. The lowest BCUT2D eigenvalue weighted by molar-refractivity contribution is 0.230. The Hall–Kier alpha value is -0.990. The van der Waals surface area contributed by atoms with E-state index < -0.39 is 0 Å². The van der Waals surface area contributed by atoms with Gasteiger partial charge in [-0.15, -0.1) is 0 Å². The predicted molar refractivity (Wildman–Crippen MR) is 45.8 cm³/mol. The zero-order valence-electron chi connectivity index (χ0n) is 7.55. The fourth-order valence-electron chi connectivity index (χ4n) is 0.775. The summed E-state index contributed by atoms with van der Waals surface area (Å²) < 4.78 is 10.1. The van der Waals surface area contributed by atoms with Gasteiger partial charge in [-0.2, -0.15) is 0 Å². The van der Waals surface area contributed by atoms with Crippen molar-refractivity contribution in [1.29, 1.82) is 0 Å². The van der Waals surface area contributed by atoms with Crippen LogP contribution in [0.1, 0.15) is 13.3 Å². The molecule has 0 bridgehead atoms. The second-order valence-corrected chi connectivity index (χ2v) is 1.94. The van der Waals surface area contributed by atoms with Crippen molar-refractivity contribution in [2.45, 2.75) is 13.3 Å². The second kappa shape index (κ2) is 5.77. The smallest absolute Gasteiger partial charge is 0.174 e. The molecule has 0 aliphatic rings. The van der Waals surface area contributed by atoms with Gasteiger partial charge in [0, 0.05) is 13.5 Å². The summed E-state index contributed by atoms with van der Waals surface area (Å²) in [5, 5.41) is 0. The number of allylic oxidation sites excluding steroid dienone is 2. The van der Waals surface area contributed by atoms with Crippen LogP contribution in [0.3, 0.4) is 0 Å². The second-order valence-electron chi connectivity index (χ2n) is 1.94. The molecule has 0 saturated carbocycles. The Bertz CT molecular complexity index is 155. The average molecular weight is 157 g/mol. The molecular weight excluding hydrogens is 142 g/mol.